The number of carbonyl (C=O) groups is 2. The van der Waals surface area contributed by atoms with Crippen LogP contribution in [0.25, 0.3) is 0 Å². The number of hydrogen-bond acceptors (Lipinski definition) is 6. The number of H-pyrrole nitrogens is 1. The SMILES string of the molecule is COCCN(C(=O)c1ccc(C(=O)NC(C)(C)C)cc1)c1c(N)n(CC(C)C)c(=O)[nH]c1=O. The summed E-state index contributed by atoms with van der Waals surface area (Å²) in [6.45, 7) is 9.88. The Kier molecular flexibility index (Phi) is 8.21. The molecule has 1 aromatic carbocycles. The Balaban J connectivity index is 2.48. The molecule has 0 saturated carbocycles. The molecule has 0 aliphatic carbocycles. The summed E-state index contributed by atoms with van der Waals surface area (Å²) < 4.78 is 6.35. The predicted octanol–water partition coefficient (Wildman–Crippen LogP) is 1.60. The molecule has 0 unspecified atom stereocenters. The van der Waals surface area contributed by atoms with Gasteiger partial charge in [-0.3, -0.25) is 28.8 Å². The highest BCUT2D eigenvalue weighted by Gasteiger charge is 2.26. The number of nitrogens with zero attached hydrogens (tertiary/aromatic N) is 2. The third-order valence-corrected chi connectivity index (χ3v) is 4.68. The average molecular weight is 460 g/mol. The van der Waals surface area contributed by atoms with Crippen LogP contribution in [0.4, 0.5) is 11.5 Å². The topological polar surface area (TPSA) is 140 Å². The number of anilines is 2. The first kappa shape index (κ1) is 25.9. The van der Waals surface area contributed by atoms with Gasteiger partial charge >= 0.3 is 5.69 Å². The molecule has 0 atom stereocenters. The quantitative estimate of drug-likeness (QED) is 0.548. The minimum absolute atomic E-state index is 0.0365. The molecule has 0 aliphatic heterocycles. The third kappa shape index (κ3) is 6.55. The fraction of sp³-hybridized carbons (Fsp3) is 0.478. The van der Waals surface area contributed by atoms with Crippen LogP contribution in [0.1, 0.15) is 55.3 Å². The van der Waals surface area contributed by atoms with Crippen molar-refractivity contribution in [2.24, 2.45) is 5.92 Å². The van der Waals surface area contributed by atoms with E-state index < -0.39 is 22.7 Å². The second-order valence-electron chi connectivity index (χ2n) is 9.23. The molecule has 10 nitrogen and oxygen atoms in total. The lowest BCUT2D eigenvalue weighted by atomic mass is 10.1. The van der Waals surface area contributed by atoms with E-state index in [1.807, 2.05) is 34.6 Å². The molecule has 2 aromatic rings. The van der Waals surface area contributed by atoms with E-state index in [0.717, 1.165) is 0 Å². The van der Waals surface area contributed by atoms with E-state index in [-0.39, 0.29) is 48.6 Å². The minimum Gasteiger partial charge on any atom is -0.383 e. The maximum absolute atomic E-state index is 13.4. The maximum Gasteiger partial charge on any atom is 0.330 e. The monoisotopic (exact) mass is 459 g/mol. The Hall–Kier alpha value is -3.40. The van der Waals surface area contributed by atoms with Gasteiger partial charge < -0.3 is 15.8 Å². The number of benzene rings is 1. The zero-order valence-corrected chi connectivity index (χ0v) is 20.0. The zero-order valence-electron chi connectivity index (χ0n) is 20.0. The minimum atomic E-state index is -0.761. The molecule has 10 heteroatoms. The maximum atomic E-state index is 13.4. The molecule has 2 rings (SSSR count). The summed E-state index contributed by atoms with van der Waals surface area (Å²) in [6.07, 6.45) is 0. The van der Waals surface area contributed by atoms with E-state index in [2.05, 4.69) is 10.3 Å². The van der Waals surface area contributed by atoms with Crippen molar-refractivity contribution in [3.05, 3.63) is 56.2 Å². The van der Waals surface area contributed by atoms with Gasteiger partial charge in [-0.1, -0.05) is 13.8 Å². The molecule has 1 heterocycles. The highest BCUT2D eigenvalue weighted by Crippen LogP contribution is 2.20. The van der Waals surface area contributed by atoms with E-state index >= 15 is 0 Å². The smallest absolute Gasteiger partial charge is 0.330 e. The van der Waals surface area contributed by atoms with E-state index in [0.29, 0.717) is 5.56 Å². The first-order valence-corrected chi connectivity index (χ1v) is 10.7. The zero-order chi connectivity index (χ0) is 24.9. The molecular formula is C23H33N5O5. The second-order valence-corrected chi connectivity index (χ2v) is 9.23. The highest BCUT2D eigenvalue weighted by molar-refractivity contribution is 6.07. The number of rotatable bonds is 8. The fourth-order valence-corrected chi connectivity index (χ4v) is 3.21. The lowest BCUT2D eigenvalue weighted by Gasteiger charge is -2.25. The number of nitrogens with two attached hydrogens (primary N) is 1. The van der Waals surface area contributed by atoms with Crippen LogP contribution in [0.3, 0.4) is 0 Å². The number of nitrogens with one attached hydrogen (secondary N) is 2. The molecule has 1 aromatic heterocycles. The van der Waals surface area contributed by atoms with Crippen LogP contribution in [-0.4, -0.2) is 47.2 Å². The summed E-state index contributed by atoms with van der Waals surface area (Å²) in [5.74, 6) is -0.789. The van der Waals surface area contributed by atoms with Crippen molar-refractivity contribution in [1.82, 2.24) is 14.9 Å². The van der Waals surface area contributed by atoms with Crippen LogP contribution in [0, 0.1) is 5.92 Å². The summed E-state index contributed by atoms with van der Waals surface area (Å²) in [5.41, 5.74) is 4.93. The molecule has 0 spiro atoms. The summed E-state index contributed by atoms with van der Waals surface area (Å²) in [6, 6.07) is 6.09. The molecule has 0 radical (unpaired) electrons. The van der Waals surface area contributed by atoms with Crippen LogP contribution in [0.15, 0.2) is 33.9 Å². The Morgan fingerprint density at radius 2 is 1.73 bits per heavy atom. The Labute approximate surface area is 192 Å². The van der Waals surface area contributed by atoms with Crippen molar-refractivity contribution in [3.8, 4) is 0 Å². The largest absolute Gasteiger partial charge is 0.383 e. The summed E-state index contributed by atoms with van der Waals surface area (Å²) in [7, 11) is 1.47. The molecule has 0 saturated heterocycles. The molecule has 2 amide bonds. The molecule has 180 valence electrons. The van der Waals surface area contributed by atoms with Crippen molar-refractivity contribution in [2.75, 3.05) is 30.9 Å². The van der Waals surface area contributed by atoms with Crippen molar-refractivity contribution < 1.29 is 14.3 Å². The summed E-state index contributed by atoms with van der Waals surface area (Å²) >= 11 is 0. The van der Waals surface area contributed by atoms with Gasteiger partial charge in [0.05, 0.1) is 6.61 Å². The van der Waals surface area contributed by atoms with Gasteiger partial charge in [0.1, 0.15) is 5.82 Å². The lowest BCUT2D eigenvalue weighted by Crippen LogP contribution is -2.43. The Morgan fingerprint density at radius 3 is 2.24 bits per heavy atom. The molecule has 0 aliphatic rings. The summed E-state index contributed by atoms with van der Waals surface area (Å²) in [5, 5.41) is 2.86. The average Bonchev–Trinajstić information content (AvgIpc) is 2.71. The van der Waals surface area contributed by atoms with Crippen LogP contribution < -0.4 is 27.2 Å². The molecule has 33 heavy (non-hydrogen) atoms. The molecule has 0 fully saturated rings. The number of hydrogen-bond donors (Lipinski definition) is 3. The number of nitrogen functional groups attached to an aromatic ring is 1. The first-order valence-electron chi connectivity index (χ1n) is 10.7. The van der Waals surface area contributed by atoms with Gasteiger partial charge in [-0.15, -0.1) is 0 Å². The number of carbonyl (C=O) groups excluding carboxylic acids is 2. The normalized spacial score (nSPS) is 11.5. The van der Waals surface area contributed by atoms with Gasteiger partial charge in [-0.05, 0) is 51.0 Å². The van der Waals surface area contributed by atoms with Crippen molar-refractivity contribution in [3.63, 3.8) is 0 Å². The Morgan fingerprint density at radius 1 is 1.15 bits per heavy atom. The number of ether oxygens (including phenoxy) is 1. The van der Waals surface area contributed by atoms with E-state index in [9.17, 15) is 19.2 Å². The molecule has 0 bridgehead atoms. The van der Waals surface area contributed by atoms with Gasteiger partial charge in [0.25, 0.3) is 17.4 Å². The van der Waals surface area contributed by atoms with Gasteiger partial charge in [-0.25, -0.2) is 4.79 Å². The van der Waals surface area contributed by atoms with Crippen molar-refractivity contribution in [2.45, 2.75) is 46.7 Å². The van der Waals surface area contributed by atoms with Crippen LogP contribution in [-0.2, 0) is 11.3 Å². The lowest BCUT2D eigenvalue weighted by molar-refractivity contribution is 0.0917. The Bertz CT molecular complexity index is 1110. The van der Waals surface area contributed by atoms with Gasteiger partial charge in [0.15, 0.2) is 5.69 Å². The highest BCUT2D eigenvalue weighted by atomic mass is 16.5. The standard InChI is InChI=1S/C23H33N5O5/c1-14(2)13-28-18(24)17(20(30)25-22(28)32)27(11-12-33-6)21(31)16-9-7-15(8-10-16)19(29)26-23(3,4)5/h7-10,14H,11-13,24H2,1-6H3,(H,26,29)(H,25,30,32). The molecular weight excluding hydrogens is 426 g/mol. The number of aromatic amines is 1. The molecule has 4 N–H and O–H groups in total. The fourth-order valence-electron chi connectivity index (χ4n) is 3.21. The number of amides is 2. The van der Waals surface area contributed by atoms with Crippen LogP contribution in [0.2, 0.25) is 0 Å². The first-order chi connectivity index (χ1) is 15.4. The predicted molar refractivity (Wildman–Crippen MR) is 128 cm³/mol. The van der Waals surface area contributed by atoms with Gasteiger partial charge in [0, 0.05) is 36.9 Å². The van der Waals surface area contributed by atoms with Crippen LogP contribution in [0.5, 0.6) is 0 Å². The summed E-state index contributed by atoms with van der Waals surface area (Å²) in [4.78, 5) is 54.1. The van der Waals surface area contributed by atoms with Crippen LogP contribution >= 0.6 is 0 Å². The van der Waals surface area contributed by atoms with Crippen molar-refractivity contribution >= 4 is 23.3 Å². The number of aromatic nitrogens is 2. The van der Waals surface area contributed by atoms with Crippen molar-refractivity contribution in [1.29, 1.82) is 0 Å². The van der Waals surface area contributed by atoms with Gasteiger partial charge in [0.2, 0.25) is 0 Å². The van der Waals surface area contributed by atoms with E-state index in [4.69, 9.17) is 10.5 Å². The second kappa shape index (κ2) is 10.5. The van der Waals surface area contributed by atoms with E-state index in [1.54, 1.807) is 0 Å². The third-order valence-electron chi connectivity index (χ3n) is 4.68. The number of methoxy groups -OCH3 is 1. The van der Waals surface area contributed by atoms with E-state index in [1.165, 1.54) is 40.8 Å². The van der Waals surface area contributed by atoms with Gasteiger partial charge in [-0.2, -0.15) is 0 Å².